The SMILES string of the molecule is CCCN(C)c1c(N)cccc1F. The van der Waals surface area contributed by atoms with Crippen molar-refractivity contribution in [3.05, 3.63) is 24.0 Å². The van der Waals surface area contributed by atoms with E-state index in [1.807, 2.05) is 18.9 Å². The van der Waals surface area contributed by atoms with E-state index in [2.05, 4.69) is 0 Å². The van der Waals surface area contributed by atoms with Crippen LogP contribution < -0.4 is 10.6 Å². The van der Waals surface area contributed by atoms with Crippen molar-refractivity contribution in [2.75, 3.05) is 24.2 Å². The van der Waals surface area contributed by atoms with Gasteiger partial charge in [-0.15, -0.1) is 0 Å². The molecule has 0 radical (unpaired) electrons. The minimum Gasteiger partial charge on any atom is -0.397 e. The number of nitrogens with zero attached hydrogens (tertiary/aromatic N) is 1. The van der Waals surface area contributed by atoms with E-state index in [9.17, 15) is 4.39 Å². The van der Waals surface area contributed by atoms with Crippen molar-refractivity contribution in [3.8, 4) is 0 Å². The lowest BCUT2D eigenvalue weighted by Gasteiger charge is -2.20. The number of benzene rings is 1. The van der Waals surface area contributed by atoms with Crippen LogP contribution in [0.3, 0.4) is 0 Å². The molecule has 0 unspecified atom stereocenters. The van der Waals surface area contributed by atoms with Crippen LogP contribution in [-0.2, 0) is 0 Å². The number of hydrogen-bond acceptors (Lipinski definition) is 2. The van der Waals surface area contributed by atoms with Crippen molar-refractivity contribution in [2.45, 2.75) is 13.3 Å². The minimum atomic E-state index is -0.254. The van der Waals surface area contributed by atoms with Crippen molar-refractivity contribution in [1.29, 1.82) is 0 Å². The number of halogens is 1. The molecule has 1 aromatic rings. The second kappa shape index (κ2) is 4.12. The van der Waals surface area contributed by atoms with Gasteiger partial charge in [0.25, 0.3) is 0 Å². The van der Waals surface area contributed by atoms with Gasteiger partial charge in [0.15, 0.2) is 0 Å². The average molecular weight is 182 g/mol. The van der Waals surface area contributed by atoms with Crippen LogP contribution in [0.25, 0.3) is 0 Å². The summed E-state index contributed by atoms with van der Waals surface area (Å²) >= 11 is 0. The molecule has 2 N–H and O–H groups in total. The zero-order valence-corrected chi connectivity index (χ0v) is 8.05. The van der Waals surface area contributed by atoms with Gasteiger partial charge in [-0.3, -0.25) is 0 Å². The smallest absolute Gasteiger partial charge is 0.148 e. The first kappa shape index (κ1) is 9.84. The highest BCUT2D eigenvalue weighted by Gasteiger charge is 2.09. The van der Waals surface area contributed by atoms with Crippen LogP contribution in [0.1, 0.15) is 13.3 Å². The molecule has 0 aromatic heterocycles. The first-order valence-corrected chi connectivity index (χ1v) is 4.42. The summed E-state index contributed by atoms with van der Waals surface area (Å²) in [5, 5.41) is 0. The molecule has 0 saturated heterocycles. The Balaban J connectivity index is 2.98. The fourth-order valence-corrected chi connectivity index (χ4v) is 1.38. The van der Waals surface area contributed by atoms with Gasteiger partial charge in [-0.25, -0.2) is 4.39 Å². The highest BCUT2D eigenvalue weighted by Crippen LogP contribution is 2.25. The van der Waals surface area contributed by atoms with Crippen molar-refractivity contribution in [3.63, 3.8) is 0 Å². The summed E-state index contributed by atoms with van der Waals surface area (Å²) in [6.45, 7) is 2.86. The zero-order valence-electron chi connectivity index (χ0n) is 8.05. The Bertz CT molecular complexity index is 266. The van der Waals surface area contributed by atoms with Crippen molar-refractivity contribution < 1.29 is 4.39 Å². The highest BCUT2D eigenvalue weighted by molar-refractivity contribution is 5.67. The number of nitrogens with two attached hydrogens (primary N) is 1. The molecule has 0 aliphatic heterocycles. The minimum absolute atomic E-state index is 0.254. The first-order valence-electron chi connectivity index (χ1n) is 4.42. The maximum atomic E-state index is 13.3. The highest BCUT2D eigenvalue weighted by atomic mass is 19.1. The Hall–Kier alpha value is -1.25. The molecule has 0 aliphatic rings. The standard InChI is InChI=1S/C10H15FN2/c1-3-7-13(2)10-8(11)5-4-6-9(10)12/h4-6H,3,7,12H2,1-2H3. The summed E-state index contributed by atoms with van der Waals surface area (Å²) in [6.07, 6.45) is 0.976. The van der Waals surface area contributed by atoms with Gasteiger partial charge in [0.05, 0.1) is 11.4 Å². The van der Waals surface area contributed by atoms with Gasteiger partial charge in [0.1, 0.15) is 5.82 Å². The van der Waals surface area contributed by atoms with Crippen LogP contribution in [0.5, 0.6) is 0 Å². The Morgan fingerprint density at radius 1 is 1.46 bits per heavy atom. The third-order valence-electron chi connectivity index (χ3n) is 1.96. The van der Waals surface area contributed by atoms with E-state index < -0.39 is 0 Å². The van der Waals surface area contributed by atoms with Gasteiger partial charge in [0.2, 0.25) is 0 Å². The first-order chi connectivity index (χ1) is 6.16. The fraction of sp³-hybridized carbons (Fsp3) is 0.400. The van der Waals surface area contributed by atoms with E-state index in [0.29, 0.717) is 11.4 Å². The van der Waals surface area contributed by atoms with E-state index in [-0.39, 0.29) is 5.82 Å². The van der Waals surface area contributed by atoms with Gasteiger partial charge >= 0.3 is 0 Å². The topological polar surface area (TPSA) is 29.3 Å². The molecule has 2 nitrogen and oxygen atoms in total. The number of rotatable bonds is 3. The molecular formula is C10H15FN2. The predicted octanol–water partition coefficient (Wildman–Crippen LogP) is 2.25. The molecule has 72 valence electrons. The summed E-state index contributed by atoms with van der Waals surface area (Å²) in [7, 11) is 1.85. The number of anilines is 2. The summed E-state index contributed by atoms with van der Waals surface area (Å²) in [4.78, 5) is 1.84. The van der Waals surface area contributed by atoms with Crippen molar-refractivity contribution in [2.24, 2.45) is 0 Å². The van der Waals surface area contributed by atoms with Crippen LogP contribution in [0.2, 0.25) is 0 Å². The summed E-state index contributed by atoms with van der Waals surface area (Å²) in [5.41, 5.74) is 6.67. The second-order valence-electron chi connectivity index (χ2n) is 3.10. The van der Waals surface area contributed by atoms with Gasteiger partial charge in [-0.05, 0) is 18.6 Å². The molecule has 0 spiro atoms. The summed E-state index contributed by atoms with van der Waals surface area (Å²) < 4.78 is 13.3. The zero-order chi connectivity index (χ0) is 9.84. The maximum Gasteiger partial charge on any atom is 0.148 e. The summed E-state index contributed by atoms with van der Waals surface area (Å²) in [5.74, 6) is -0.254. The molecule has 13 heavy (non-hydrogen) atoms. The van der Waals surface area contributed by atoms with Gasteiger partial charge < -0.3 is 10.6 Å². The molecule has 0 saturated carbocycles. The second-order valence-corrected chi connectivity index (χ2v) is 3.10. The van der Waals surface area contributed by atoms with E-state index >= 15 is 0 Å². The van der Waals surface area contributed by atoms with Crippen molar-refractivity contribution in [1.82, 2.24) is 0 Å². The molecular weight excluding hydrogens is 167 g/mol. The van der Waals surface area contributed by atoms with Crippen LogP contribution in [-0.4, -0.2) is 13.6 Å². The van der Waals surface area contributed by atoms with E-state index in [0.717, 1.165) is 13.0 Å². The Kier molecular flexibility index (Phi) is 3.12. The third-order valence-corrected chi connectivity index (χ3v) is 1.96. The van der Waals surface area contributed by atoms with E-state index in [1.165, 1.54) is 6.07 Å². The fourth-order valence-electron chi connectivity index (χ4n) is 1.38. The number of hydrogen-bond donors (Lipinski definition) is 1. The monoisotopic (exact) mass is 182 g/mol. The van der Waals surface area contributed by atoms with Crippen LogP contribution in [0.15, 0.2) is 18.2 Å². The maximum absolute atomic E-state index is 13.3. The molecule has 0 aliphatic carbocycles. The number of nitrogen functional groups attached to an aromatic ring is 1. The molecule has 0 heterocycles. The Morgan fingerprint density at radius 3 is 2.69 bits per heavy atom. The van der Waals surface area contributed by atoms with Crippen LogP contribution >= 0.6 is 0 Å². The summed E-state index contributed by atoms with van der Waals surface area (Å²) in [6, 6.07) is 4.76. The van der Waals surface area contributed by atoms with E-state index in [1.54, 1.807) is 12.1 Å². The Morgan fingerprint density at radius 2 is 2.15 bits per heavy atom. The molecule has 0 atom stereocenters. The van der Waals surface area contributed by atoms with Crippen LogP contribution in [0, 0.1) is 5.82 Å². The normalized spacial score (nSPS) is 10.1. The number of para-hydroxylation sites is 1. The van der Waals surface area contributed by atoms with Crippen LogP contribution in [0.4, 0.5) is 15.8 Å². The quantitative estimate of drug-likeness (QED) is 0.726. The lowest BCUT2D eigenvalue weighted by molar-refractivity contribution is 0.622. The molecule has 3 heteroatoms. The lowest BCUT2D eigenvalue weighted by atomic mass is 10.2. The molecule has 0 amide bonds. The van der Waals surface area contributed by atoms with Crippen molar-refractivity contribution >= 4 is 11.4 Å². The predicted molar refractivity (Wildman–Crippen MR) is 54.4 cm³/mol. The van der Waals surface area contributed by atoms with E-state index in [4.69, 9.17) is 5.73 Å². The largest absolute Gasteiger partial charge is 0.397 e. The molecule has 1 aromatic carbocycles. The van der Waals surface area contributed by atoms with Gasteiger partial charge in [-0.2, -0.15) is 0 Å². The average Bonchev–Trinajstić information content (AvgIpc) is 2.04. The molecule has 0 bridgehead atoms. The van der Waals surface area contributed by atoms with Gasteiger partial charge in [0, 0.05) is 13.6 Å². The lowest BCUT2D eigenvalue weighted by Crippen LogP contribution is -2.20. The molecule has 0 fully saturated rings. The van der Waals surface area contributed by atoms with Gasteiger partial charge in [-0.1, -0.05) is 13.0 Å². The third kappa shape index (κ3) is 2.11. The molecule has 1 rings (SSSR count). The Labute approximate surface area is 78.2 Å².